The summed E-state index contributed by atoms with van der Waals surface area (Å²) >= 11 is 0. The maximum atomic E-state index is 12.0. The van der Waals surface area contributed by atoms with Crippen LogP contribution in [0.1, 0.15) is 5.56 Å². The normalized spacial score (nSPS) is 11.2. The average molecular weight is 237 g/mol. The number of rotatable bonds is 4. The van der Waals surface area contributed by atoms with Crippen molar-refractivity contribution in [2.45, 2.75) is 13.0 Å². The second kappa shape index (κ2) is 5.10. The van der Waals surface area contributed by atoms with E-state index >= 15 is 0 Å². The molecule has 2 N–H and O–H groups in total. The largest absolute Gasteiger partial charge is 0.508 e. The number of aromatic hydroxyl groups is 1. The third kappa shape index (κ3) is 2.71. The van der Waals surface area contributed by atoms with E-state index in [1.807, 2.05) is 24.3 Å². The van der Waals surface area contributed by atoms with Gasteiger partial charge >= 0.3 is 0 Å². The van der Waals surface area contributed by atoms with Crippen molar-refractivity contribution in [3.05, 3.63) is 42.0 Å². The summed E-state index contributed by atoms with van der Waals surface area (Å²) in [7, 11) is 0. The SMILES string of the molecule is Oc1ccc2ccccc2c1CNCC(F)F. The molecule has 4 heteroatoms. The van der Waals surface area contributed by atoms with Gasteiger partial charge in [-0.1, -0.05) is 30.3 Å². The van der Waals surface area contributed by atoms with Crippen molar-refractivity contribution >= 4 is 10.8 Å². The lowest BCUT2D eigenvalue weighted by atomic mass is 10.0. The third-order valence-electron chi connectivity index (χ3n) is 2.62. The average Bonchev–Trinajstić information content (AvgIpc) is 2.32. The van der Waals surface area contributed by atoms with E-state index in [4.69, 9.17) is 0 Å². The summed E-state index contributed by atoms with van der Waals surface area (Å²) in [5, 5.41) is 14.2. The number of hydrogen-bond acceptors (Lipinski definition) is 2. The van der Waals surface area contributed by atoms with Crippen molar-refractivity contribution < 1.29 is 13.9 Å². The first-order chi connectivity index (χ1) is 8.18. The zero-order valence-corrected chi connectivity index (χ0v) is 9.16. The molecule has 0 saturated carbocycles. The molecule has 0 aliphatic heterocycles. The number of nitrogens with one attached hydrogen (secondary N) is 1. The topological polar surface area (TPSA) is 32.3 Å². The first-order valence-electron chi connectivity index (χ1n) is 5.37. The molecular weight excluding hydrogens is 224 g/mol. The molecule has 0 fully saturated rings. The van der Waals surface area contributed by atoms with Gasteiger partial charge in [0, 0.05) is 12.1 Å². The second-order valence-electron chi connectivity index (χ2n) is 3.81. The molecule has 90 valence electrons. The summed E-state index contributed by atoms with van der Waals surface area (Å²) in [6.45, 7) is -0.139. The van der Waals surface area contributed by atoms with Crippen molar-refractivity contribution in [3.63, 3.8) is 0 Å². The number of phenolic OH excluding ortho intramolecular Hbond substituents is 1. The minimum atomic E-state index is -2.38. The van der Waals surface area contributed by atoms with E-state index in [1.54, 1.807) is 12.1 Å². The summed E-state index contributed by atoms with van der Waals surface area (Å²) in [6.07, 6.45) is -2.38. The monoisotopic (exact) mass is 237 g/mol. The second-order valence-corrected chi connectivity index (χ2v) is 3.81. The Hall–Kier alpha value is -1.68. The molecule has 0 amide bonds. The fraction of sp³-hybridized carbons (Fsp3) is 0.231. The highest BCUT2D eigenvalue weighted by Gasteiger charge is 2.07. The molecule has 2 aromatic carbocycles. The Labute approximate surface area is 97.9 Å². The van der Waals surface area contributed by atoms with Gasteiger partial charge in [-0.15, -0.1) is 0 Å². The Morgan fingerprint density at radius 2 is 1.88 bits per heavy atom. The van der Waals surface area contributed by atoms with E-state index < -0.39 is 6.43 Å². The fourth-order valence-corrected chi connectivity index (χ4v) is 1.82. The first kappa shape index (κ1) is 11.8. The molecule has 2 rings (SSSR count). The molecule has 2 nitrogen and oxygen atoms in total. The maximum absolute atomic E-state index is 12.0. The van der Waals surface area contributed by atoms with Crippen LogP contribution in [0.3, 0.4) is 0 Å². The molecule has 2 aromatic rings. The third-order valence-corrected chi connectivity index (χ3v) is 2.62. The Kier molecular flexibility index (Phi) is 3.54. The lowest BCUT2D eigenvalue weighted by Crippen LogP contribution is -2.20. The van der Waals surface area contributed by atoms with Gasteiger partial charge < -0.3 is 10.4 Å². The predicted octanol–water partition coefficient (Wildman–Crippen LogP) is 2.90. The zero-order valence-electron chi connectivity index (χ0n) is 9.16. The highest BCUT2D eigenvalue weighted by atomic mass is 19.3. The van der Waals surface area contributed by atoms with Gasteiger partial charge in [0.25, 0.3) is 6.43 Å². The number of alkyl halides is 2. The lowest BCUT2D eigenvalue weighted by Gasteiger charge is -2.10. The quantitative estimate of drug-likeness (QED) is 0.857. The smallest absolute Gasteiger partial charge is 0.250 e. The molecule has 0 bridgehead atoms. The van der Waals surface area contributed by atoms with Gasteiger partial charge in [0.1, 0.15) is 5.75 Å². The fourth-order valence-electron chi connectivity index (χ4n) is 1.82. The van der Waals surface area contributed by atoms with Crippen LogP contribution in [-0.2, 0) is 6.54 Å². The number of hydrogen-bond donors (Lipinski definition) is 2. The van der Waals surface area contributed by atoms with Gasteiger partial charge in [-0.25, -0.2) is 8.78 Å². The maximum Gasteiger partial charge on any atom is 0.250 e. The van der Waals surface area contributed by atoms with Gasteiger partial charge in [0.2, 0.25) is 0 Å². The van der Waals surface area contributed by atoms with Crippen LogP contribution in [0.15, 0.2) is 36.4 Å². The lowest BCUT2D eigenvalue weighted by molar-refractivity contribution is 0.145. The Balaban J connectivity index is 2.28. The van der Waals surface area contributed by atoms with Crippen molar-refractivity contribution in [3.8, 4) is 5.75 Å². The molecule has 0 unspecified atom stereocenters. The van der Waals surface area contributed by atoms with E-state index in [1.165, 1.54) is 0 Å². The van der Waals surface area contributed by atoms with Gasteiger partial charge in [-0.05, 0) is 16.8 Å². The van der Waals surface area contributed by atoms with E-state index in [2.05, 4.69) is 5.32 Å². The molecule has 0 heterocycles. The van der Waals surface area contributed by atoms with Gasteiger partial charge in [-0.3, -0.25) is 0 Å². The Morgan fingerprint density at radius 1 is 1.12 bits per heavy atom. The summed E-state index contributed by atoms with van der Waals surface area (Å²) in [5.41, 5.74) is 0.656. The number of phenols is 1. The van der Waals surface area contributed by atoms with Crippen LogP contribution < -0.4 is 5.32 Å². The Bertz CT molecular complexity index is 514. The molecule has 0 radical (unpaired) electrons. The van der Waals surface area contributed by atoms with Crippen molar-refractivity contribution in [1.82, 2.24) is 5.32 Å². The van der Waals surface area contributed by atoms with Crippen molar-refractivity contribution in [1.29, 1.82) is 0 Å². The van der Waals surface area contributed by atoms with E-state index in [9.17, 15) is 13.9 Å². The molecule has 0 saturated heterocycles. The van der Waals surface area contributed by atoms with Crippen LogP contribution in [0.25, 0.3) is 10.8 Å². The van der Waals surface area contributed by atoms with Crippen LogP contribution in [0.2, 0.25) is 0 Å². The zero-order chi connectivity index (χ0) is 12.3. The molecule has 0 aliphatic rings. The first-order valence-corrected chi connectivity index (χ1v) is 5.37. The van der Waals surface area contributed by atoms with Crippen LogP contribution in [-0.4, -0.2) is 18.1 Å². The minimum Gasteiger partial charge on any atom is -0.508 e. The summed E-state index contributed by atoms with van der Waals surface area (Å²) < 4.78 is 24.1. The van der Waals surface area contributed by atoms with Crippen molar-refractivity contribution in [2.75, 3.05) is 6.54 Å². The molecule has 0 aliphatic carbocycles. The molecule has 0 atom stereocenters. The number of benzene rings is 2. The molecule has 0 aromatic heterocycles. The highest BCUT2D eigenvalue weighted by molar-refractivity contribution is 5.87. The number of halogens is 2. The van der Waals surface area contributed by atoms with Gasteiger partial charge in [-0.2, -0.15) is 0 Å². The van der Waals surface area contributed by atoms with Crippen LogP contribution in [0.5, 0.6) is 5.75 Å². The summed E-state index contributed by atoms with van der Waals surface area (Å²) in [6, 6.07) is 10.9. The number of fused-ring (bicyclic) bond motifs is 1. The van der Waals surface area contributed by atoms with Crippen LogP contribution >= 0.6 is 0 Å². The highest BCUT2D eigenvalue weighted by Crippen LogP contribution is 2.26. The molecule has 17 heavy (non-hydrogen) atoms. The molecular formula is C13H13F2NO. The standard InChI is InChI=1S/C13H13F2NO/c14-13(15)8-16-7-11-10-4-2-1-3-9(10)5-6-12(11)17/h1-6,13,16-17H,7-8H2. The van der Waals surface area contributed by atoms with Crippen molar-refractivity contribution in [2.24, 2.45) is 0 Å². The van der Waals surface area contributed by atoms with Crippen LogP contribution in [0.4, 0.5) is 8.78 Å². The van der Waals surface area contributed by atoms with Gasteiger partial charge in [0.15, 0.2) is 0 Å². The van der Waals surface area contributed by atoms with E-state index in [-0.39, 0.29) is 18.8 Å². The molecule has 0 spiro atoms. The van der Waals surface area contributed by atoms with E-state index in [0.29, 0.717) is 5.56 Å². The van der Waals surface area contributed by atoms with Gasteiger partial charge in [0.05, 0.1) is 6.54 Å². The summed E-state index contributed by atoms with van der Waals surface area (Å²) in [4.78, 5) is 0. The van der Waals surface area contributed by atoms with E-state index in [0.717, 1.165) is 10.8 Å². The predicted molar refractivity (Wildman–Crippen MR) is 63.3 cm³/mol. The Morgan fingerprint density at radius 3 is 2.65 bits per heavy atom. The minimum absolute atomic E-state index is 0.130. The summed E-state index contributed by atoms with van der Waals surface area (Å²) in [5.74, 6) is 0.130. The van der Waals surface area contributed by atoms with Crippen LogP contribution in [0, 0.1) is 0 Å².